The second-order valence-electron chi connectivity index (χ2n) is 3.97. The fourth-order valence-electron chi connectivity index (χ4n) is 1.65. The lowest BCUT2D eigenvalue weighted by Crippen LogP contribution is -2.10. The molecule has 1 atom stereocenters. The summed E-state index contributed by atoms with van der Waals surface area (Å²) >= 11 is 1.80. The maximum absolute atomic E-state index is 5.65. The summed E-state index contributed by atoms with van der Waals surface area (Å²) in [7, 11) is 0. The van der Waals surface area contributed by atoms with E-state index in [1.54, 1.807) is 11.8 Å². The summed E-state index contributed by atoms with van der Waals surface area (Å²) in [6, 6.07) is 0. The van der Waals surface area contributed by atoms with Gasteiger partial charge < -0.3 is 10.3 Å². The Morgan fingerprint density at radius 1 is 1.31 bits per heavy atom. The average molecular weight is 242 g/mol. The maximum atomic E-state index is 5.65. The monoisotopic (exact) mass is 242 g/mol. The van der Waals surface area contributed by atoms with Crippen molar-refractivity contribution in [3.63, 3.8) is 0 Å². The van der Waals surface area contributed by atoms with E-state index >= 15 is 0 Å². The number of aromatic nitrogens is 3. The van der Waals surface area contributed by atoms with Crippen molar-refractivity contribution in [3.05, 3.63) is 5.82 Å². The number of thioether (sulfide) groups is 1. The largest absolute Gasteiger partial charge is 0.324 e. The van der Waals surface area contributed by atoms with Gasteiger partial charge in [-0.15, -0.1) is 10.2 Å². The van der Waals surface area contributed by atoms with E-state index in [4.69, 9.17) is 5.73 Å². The van der Waals surface area contributed by atoms with Crippen LogP contribution in [0.1, 0.15) is 45.9 Å². The Kier molecular flexibility index (Phi) is 5.84. The summed E-state index contributed by atoms with van der Waals surface area (Å²) in [5, 5.41) is 9.97. The Labute approximate surface area is 102 Å². The van der Waals surface area contributed by atoms with Gasteiger partial charge in [0.1, 0.15) is 5.82 Å². The molecule has 4 nitrogen and oxygen atoms in total. The predicted molar refractivity (Wildman–Crippen MR) is 68.4 cm³/mol. The fourth-order valence-corrected chi connectivity index (χ4v) is 2.78. The van der Waals surface area contributed by atoms with Gasteiger partial charge in [0, 0.05) is 11.8 Å². The number of hydrogen-bond donors (Lipinski definition) is 1. The summed E-state index contributed by atoms with van der Waals surface area (Å²) in [4.78, 5) is 0. The fraction of sp³-hybridized carbons (Fsp3) is 0.818. The molecule has 1 rings (SSSR count). The Morgan fingerprint density at radius 3 is 2.62 bits per heavy atom. The van der Waals surface area contributed by atoms with Crippen molar-refractivity contribution in [3.8, 4) is 0 Å². The van der Waals surface area contributed by atoms with E-state index < -0.39 is 0 Å². The summed E-state index contributed by atoms with van der Waals surface area (Å²) in [5.74, 6) is 0.896. The zero-order valence-corrected chi connectivity index (χ0v) is 11.3. The van der Waals surface area contributed by atoms with Crippen LogP contribution in [0.3, 0.4) is 0 Å². The molecule has 1 heterocycles. The molecular formula is C11H22N4S. The molecule has 1 aromatic heterocycles. The van der Waals surface area contributed by atoms with Gasteiger partial charge in [-0.05, 0) is 12.8 Å². The first kappa shape index (κ1) is 13.5. The van der Waals surface area contributed by atoms with Crippen LogP contribution in [0.15, 0.2) is 5.16 Å². The van der Waals surface area contributed by atoms with Crippen LogP contribution < -0.4 is 5.73 Å². The second kappa shape index (κ2) is 6.91. The van der Waals surface area contributed by atoms with Gasteiger partial charge in [-0.1, -0.05) is 39.0 Å². The predicted octanol–water partition coefficient (Wildman–Crippen LogP) is 2.43. The highest BCUT2D eigenvalue weighted by molar-refractivity contribution is 7.99. The van der Waals surface area contributed by atoms with E-state index in [2.05, 4.69) is 35.5 Å². The van der Waals surface area contributed by atoms with Crippen LogP contribution in [0.2, 0.25) is 0 Å². The van der Waals surface area contributed by atoms with Crippen molar-refractivity contribution in [1.29, 1.82) is 0 Å². The van der Waals surface area contributed by atoms with E-state index in [0.717, 1.165) is 23.9 Å². The molecule has 5 heteroatoms. The van der Waals surface area contributed by atoms with E-state index in [9.17, 15) is 0 Å². The molecule has 1 unspecified atom stereocenters. The molecule has 0 aliphatic rings. The molecule has 0 fully saturated rings. The second-order valence-corrected chi connectivity index (χ2v) is 5.38. The highest BCUT2D eigenvalue weighted by atomic mass is 32.2. The molecule has 0 radical (unpaired) electrons. The topological polar surface area (TPSA) is 56.7 Å². The van der Waals surface area contributed by atoms with Crippen molar-refractivity contribution in [1.82, 2.24) is 14.8 Å². The van der Waals surface area contributed by atoms with Crippen molar-refractivity contribution >= 4 is 11.8 Å². The molecular weight excluding hydrogens is 220 g/mol. The Balaban J connectivity index is 2.74. The van der Waals surface area contributed by atoms with E-state index in [1.165, 1.54) is 12.8 Å². The highest BCUT2D eigenvalue weighted by Gasteiger charge is 2.13. The highest BCUT2D eigenvalue weighted by Crippen LogP contribution is 2.25. The molecule has 0 aliphatic heterocycles. The molecule has 0 bridgehead atoms. The van der Waals surface area contributed by atoms with E-state index in [0.29, 0.717) is 11.8 Å². The van der Waals surface area contributed by atoms with Crippen LogP contribution in [0, 0.1) is 0 Å². The first-order valence-electron chi connectivity index (χ1n) is 6.01. The normalized spacial score (nSPS) is 13.0. The molecule has 16 heavy (non-hydrogen) atoms. The van der Waals surface area contributed by atoms with Crippen LogP contribution in [0.5, 0.6) is 0 Å². The van der Waals surface area contributed by atoms with Gasteiger partial charge in [-0.2, -0.15) is 0 Å². The Morgan fingerprint density at radius 2 is 2.06 bits per heavy atom. The zero-order valence-electron chi connectivity index (χ0n) is 10.4. The molecule has 0 aliphatic carbocycles. The smallest absolute Gasteiger partial charge is 0.191 e. The van der Waals surface area contributed by atoms with Crippen LogP contribution in [-0.2, 0) is 13.1 Å². The van der Waals surface area contributed by atoms with Crippen molar-refractivity contribution < 1.29 is 0 Å². The van der Waals surface area contributed by atoms with Crippen molar-refractivity contribution in [2.24, 2.45) is 5.73 Å². The van der Waals surface area contributed by atoms with Crippen molar-refractivity contribution in [2.75, 3.05) is 0 Å². The SMILES string of the molecule is CCCC(C)Sc1nnc(CN)n1CCC. The molecule has 0 saturated carbocycles. The standard InChI is InChI=1S/C11H22N4S/c1-4-6-9(3)16-11-14-13-10(8-12)15(11)7-5-2/h9H,4-8,12H2,1-3H3. The summed E-state index contributed by atoms with van der Waals surface area (Å²) < 4.78 is 2.15. The van der Waals surface area contributed by atoms with Gasteiger partial charge in [-0.3, -0.25) is 0 Å². The van der Waals surface area contributed by atoms with Crippen LogP contribution in [0.25, 0.3) is 0 Å². The third-order valence-electron chi connectivity index (χ3n) is 2.43. The minimum absolute atomic E-state index is 0.468. The number of nitrogens with zero attached hydrogens (tertiary/aromatic N) is 3. The van der Waals surface area contributed by atoms with Crippen LogP contribution in [-0.4, -0.2) is 20.0 Å². The first-order chi connectivity index (χ1) is 7.72. The molecule has 1 aromatic rings. The Hall–Kier alpha value is -0.550. The van der Waals surface area contributed by atoms with Gasteiger partial charge in [-0.25, -0.2) is 0 Å². The van der Waals surface area contributed by atoms with Gasteiger partial charge >= 0.3 is 0 Å². The average Bonchev–Trinajstić information content (AvgIpc) is 2.62. The van der Waals surface area contributed by atoms with Gasteiger partial charge in [0.15, 0.2) is 5.16 Å². The lowest BCUT2D eigenvalue weighted by atomic mass is 10.3. The summed E-state index contributed by atoms with van der Waals surface area (Å²) in [6.07, 6.45) is 3.50. The minimum atomic E-state index is 0.468. The Bertz CT molecular complexity index is 311. The minimum Gasteiger partial charge on any atom is -0.324 e. The maximum Gasteiger partial charge on any atom is 0.191 e. The lowest BCUT2D eigenvalue weighted by Gasteiger charge is -2.11. The molecule has 0 amide bonds. The molecule has 0 spiro atoms. The molecule has 2 N–H and O–H groups in total. The summed E-state index contributed by atoms with van der Waals surface area (Å²) in [6.45, 7) is 8.03. The first-order valence-corrected chi connectivity index (χ1v) is 6.89. The molecule has 0 saturated heterocycles. The third kappa shape index (κ3) is 3.49. The quantitative estimate of drug-likeness (QED) is 0.746. The zero-order chi connectivity index (χ0) is 12.0. The number of hydrogen-bond acceptors (Lipinski definition) is 4. The van der Waals surface area contributed by atoms with Gasteiger partial charge in [0.25, 0.3) is 0 Å². The van der Waals surface area contributed by atoms with Gasteiger partial charge in [0.2, 0.25) is 0 Å². The third-order valence-corrected chi connectivity index (χ3v) is 3.58. The molecule has 0 aromatic carbocycles. The lowest BCUT2D eigenvalue weighted by molar-refractivity contribution is 0.590. The van der Waals surface area contributed by atoms with Gasteiger partial charge in [0.05, 0.1) is 6.54 Å². The summed E-state index contributed by atoms with van der Waals surface area (Å²) in [5.41, 5.74) is 5.65. The van der Waals surface area contributed by atoms with E-state index in [1.807, 2.05) is 0 Å². The van der Waals surface area contributed by atoms with Crippen molar-refractivity contribution in [2.45, 2.75) is 63.5 Å². The van der Waals surface area contributed by atoms with E-state index in [-0.39, 0.29) is 0 Å². The number of nitrogens with two attached hydrogens (primary N) is 1. The van der Waals surface area contributed by atoms with Crippen LogP contribution >= 0.6 is 11.8 Å². The van der Waals surface area contributed by atoms with Crippen LogP contribution in [0.4, 0.5) is 0 Å². The number of rotatable bonds is 7. The molecule has 92 valence electrons.